The highest BCUT2D eigenvalue weighted by molar-refractivity contribution is 5.77. The SMILES string of the molecule is CCCCCCCC/C=C\CCCCCCCC(=O)OCCN(CCOC(=O)CCCCCCC/C=C\CCCCCCCC)C(=O)C[N+](C)(C)C. The Bertz CT molecular complexity index is 837. The molecule has 0 radical (unpaired) electrons. The zero-order valence-corrected chi connectivity index (χ0v) is 35.1. The highest BCUT2D eigenvalue weighted by Gasteiger charge is 2.21. The number of esters is 2. The van der Waals surface area contributed by atoms with Crippen molar-refractivity contribution in [3.8, 4) is 0 Å². The molecular formula is C45H85N2O5+. The van der Waals surface area contributed by atoms with Gasteiger partial charge in [0.2, 0.25) is 0 Å². The summed E-state index contributed by atoms with van der Waals surface area (Å²) >= 11 is 0. The monoisotopic (exact) mass is 734 g/mol. The fourth-order valence-corrected chi connectivity index (χ4v) is 6.23. The van der Waals surface area contributed by atoms with E-state index in [0.29, 0.717) is 37.0 Å². The van der Waals surface area contributed by atoms with Gasteiger partial charge in [-0.3, -0.25) is 14.4 Å². The molecule has 0 aromatic carbocycles. The maximum absolute atomic E-state index is 13.0. The molecule has 0 saturated carbocycles. The molecule has 0 bridgehead atoms. The van der Waals surface area contributed by atoms with E-state index in [-0.39, 0.29) is 31.1 Å². The van der Waals surface area contributed by atoms with Crippen molar-refractivity contribution in [1.82, 2.24) is 4.90 Å². The molecule has 304 valence electrons. The first-order valence-corrected chi connectivity index (χ1v) is 21.9. The predicted molar refractivity (Wildman–Crippen MR) is 220 cm³/mol. The first-order chi connectivity index (χ1) is 25.2. The van der Waals surface area contributed by atoms with E-state index < -0.39 is 0 Å². The van der Waals surface area contributed by atoms with Gasteiger partial charge in [-0.05, 0) is 64.2 Å². The molecule has 0 aliphatic rings. The van der Waals surface area contributed by atoms with E-state index in [4.69, 9.17) is 9.47 Å². The Hall–Kier alpha value is -2.15. The molecule has 0 unspecified atom stereocenters. The van der Waals surface area contributed by atoms with Crippen molar-refractivity contribution in [2.45, 2.75) is 194 Å². The van der Waals surface area contributed by atoms with E-state index in [1.807, 2.05) is 21.1 Å². The number of quaternary nitrogens is 1. The van der Waals surface area contributed by atoms with Gasteiger partial charge in [-0.2, -0.15) is 0 Å². The largest absolute Gasteiger partial charge is 0.464 e. The lowest BCUT2D eigenvalue weighted by molar-refractivity contribution is -0.862. The fourth-order valence-electron chi connectivity index (χ4n) is 6.23. The zero-order valence-electron chi connectivity index (χ0n) is 35.1. The van der Waals surface area contributed by atoms with Gasteiger partial charge in [0, 0.05) is 12.8 Å². The Morgan fingerprint density at radius 3 is 1.10 bits per heavy atom. The summed E-state index contributed by atoms with van der Waals surface area (Å²) in [6, 6.07) is 0. The normalized spacial score (nSPS) is 11.9. The smallest absolute Gasteiger partial charge is 0.305 e. The molecule has 0 aromatic rings. The lowest BCUT2D eigenvalue weighted by Crippen LogP contribution is -2.48. The topological polar surface area (TPSA) is 72.9 Å². The number of ether oxygens (including phenoxy) is 2. The molecule has 0 aliphatic carbocycles. The van der Waals surface area contributed by atoms with E-state index in [1.54, 1.807) is 4.90 Å². The molecule has 0 atom stereocenters. The molecule has 0 aliphatic heterocycles. The van der Waals surface area contributed by atoms with Gasteiger partial charge in [0.25, 0.3) is 5.91 Å². The van der Waals surface area contributed by atoms with Gasteiger partial charge in [-0.1, -0.05) is 141 Å². The molecule has 52 heavy (non-hydrogen) atoms. The lowest BCUT2D eigenvalue weighted by atomic mass is 10.1. The fraction of sp³-hybridized carbons (Fsp3) is 0.844. The summed E-state index contributed by atoms with van der Waals surface area (Å²) in [5.41, 5.74) is 0. The highest BCUT2D eigenvalue weighted by Crippen LogP contribution is 2.12. The van der Waals surface area contributed by atoms with Crippen LogP contribution in [0.2, 0.25) is 0 Å². The molecule has 0 rings (SSSR count). The minimum atomic E-state index is -0.206. The first-order valence-electron chi connectivity index (χ1n) is 21.9. The third-order valence-corrected chi connectivity index (χ3v) is 9.50. The number of amides is 1. The summed E-state index contributed by atoms with van der Waals surface area (Å²) in [6.07, 6.45) is 42.0. The number of hydrogen-bond donors (Lipinski definition) is 0. The Kier molecular flexibility index (Phi) is 35.6. The average Bonchev–Trinajstić information content (AvgIpc) is 3.10. The Morgan fingerprint density at radius 2 is 0.769 bits per heavy atom. The van der Waals surface area contributed by atoms with Crippen molar-refractivity contribution in [3.05, 3.63) is 24.3 Å². The van der Waals surface area contributed by atoms with Crippen LogP contribution in [0.1, 0.15) is 194 Å². The van der Waals surface area contributed by atoms with E-state index in [0.717, 1.165) is 51.4 Å². The van der Waals surface area contributed by atoms with Crippen molar-refractivity contribution in [1.29, 1.82) is 0 Å². The third kappa shape index (κ3) is 37.6. The summed E-state index contributed by atoms with van der Waals surface area (Å²) in [6.45, 7) is 5.79. The summed E-state index contributed by atoms with van der Waals surface area (Å²) < 4.78 is 11.5. The summed E-state index contributed by atoms with van der Waals surface area (Å²) in [7, 11) is 5.91. The van der Waals surface area contributed by atoms with E-state index in [1.165, 1.54) is 116 Å². The average molecular weight is 734 g/mol. The lowest BCUT2D eigenvalue weighted by Gasteiger charge is -2.28. The molecule has 0 fully saturated rings. The summed E-state index contributed by atoms with van der Waals surface area (Å²) in [4.78, 5) is 39.3. The van der Waals surface area contributed by atoms with Gasteiger partial charge in [0.15, 0.2) is 6.54 Å². The second-order valence-corrected chi connectivity index (χ2v) is 15.9. The van der Waals surface area contributed by atoms with Crippen LogP contribution in [0.25, 0.3) is 0 Å². The zero-order chi connectivity index (χ0) is 38.4. The molecule has 0 spiro atoms. The quantitative estimate of drug-likeness (QED) is 0.0273. The van der Waals surface area contributed by atoms with Crippen molar-refractivity contribution in [3.63, 3.8) is 0 Å². The van der Waals surface area contributed by atoms with Crippen molar-refractivity contribution >= 4 is 17.8 Å². The number of nitrogens with zero attached hydrogens (tertiary/aromatic N) is 2. The van der Waals surface area contributed by atoms with Crippen LogP contribution in [0.15, 0.2) is 24.3 Å². The van der Waals surface area contributed by atoms with Crippen LogP contribution >= 0.6 is 0 Å². The van der Waals surface area contributed by atoms with Crippen molar-refractivity contribution < 1.29 is 28.3 Å². The highest BCUT2D eigenvalue weighted by atomic mass is 16.5. The molecule has 1 amide bonds. The molecule has 0 aromatic heterocycles. The summed E-state index contributed by atoms with van der Waals surface area (Å²) in [5.74, 6) is -0.444. The molecule has 0 saturated heterocycles. The number of allylic oxidation sites excluding steroid dienone is 4. The molecular weight excluding hydrogens is 649 g/mol. The van der Waals surface area contributed by atoms with Crippen LogP contribution in [0, 0.1) is 0 Å². The number of unbranched alkanes of at least 4 members (excludes halogenated alkanes) is 22. The molecule has 0 heterocycles. The number of hydrogen-bond acceptors (Lipinski definition) is 5. The van der Waals surface area contributed by atoms with Crippen LogP contribution in [0.5, 0.6) is 0 Å². The van der Waals surface area contributed by atoms with Gasteiger partial charge in [-0.25, -0.2) is 0 Å². The Balaban J connectivity index is 4.02. The van der Waals surface area contributed by atoms with Gasteiger partial charge in [0.1, 0.15) is 13.2 Å². The molecule has 0 N–H and O–H groups in total. The van der Waals surface area contributed by atoms with Gasteiger partial charge >= 0.3 is 11.9 Å². The van der Waals surface area contributed by atoms with Crippen LogP contribution < -0.4 is 0 Å². The Morgan fingerprint density at radius 1 is 0.462 bits per heavy atom. The van der Waals surface area contributed by atoms with E-state index in [9.17, 15) is 14.4 Å². The van der Waals surface area contributed by atoms with Gasteiger partial charge in [-0.15, -0.1) is 0 Å². The predicted octanol–water partition coefficient (Wildman–Crippen LogP) is 11.7. The summed E-state index contributed by atoms with van der Waals surface area (Å²) in [5, 5.41) is 0. The van der Waals surface area contributed by atoms with Gasteiger partial charge < -0.3 is 18.9 Å². The van der Waals surface area contributed by atoms with E-state index in [2.05, 4.69) is 38.2 Å². The number of likely N-dealkylation sites (N-methyl/N-ethyl adjacent to an activating group) is 1. The second-order valence-electron chi connectivity index (χ2n) is 15.9. The standard InChI is InChI=1S/C45H85N2O5/c1-6-8-10-12-14-16-18-20-22-24-26-28-30-32-34-36-44(49)51-40-38-46(43(48)42-47(3,4)5)39-41-52-45(50)37-35-33-31-29-27-25-23-21-19-17-15-13-11-9-7-2/h20-23H,6-19,24-42H2,1-5H3/q+1/b22-20-,23-21-. The molecule has 7 heteroatoms. The van der Waals surface area contributed by atoms with Gasteiger partial charge in [0.05, 0.1) is 34.2 Å². The van der Waals surface area contributed by atoms with Crippen LogP contribution in [0.3, 0.4) is 0 Å². The maximum atomic E-state index is 13.0. The molecule has 7 nitrogen and oxygen atoms in total. The Labute approximate surface area is 322 Å². The van der Waals surface area contributed by atoms with E-state index >= 15 is 0 Å². The third-order valence-electron chi connectivity index (χ3n) is 9.50. The van der Waals surface area contributed by atoms with Crippen LogP contribution in [-0.4, -0.2) is 81.2 Å². The van der Waals surface area contributed by atoms with Crippen LogP contribution in [0.4, 0.5) is 0 Å². The number of carbonyl (C=O) groups excluding carboxylic acids is 3. The minimum absolute atomic E-state index is 0.0332. The minimum Gasteiger partial charge on any atom is -0.464 e. The number of carbonyl (C=O) groups is 3. The van der Waals surface area contributed by atoms with Crippen molar-refractivity contribution in [2.75, 3.05) is 54.0 Å². The van der Waals surface area contributed by atoms with Crippen LogP contribution in [-0.2, 0) is 23.9 Å². The van der Waals surface area contributed by atoms with Crippen molar-refractivity contribution in [2.24, 2.45) is 0 Å². The number of rotatable bonds is 38. The second kappa shape index (κ2) is 37.2. The maximum Gasteiger partial charge on any atom is 0.305 e. The first kappa shape index (κ1) is 49.9.